The van der Waals surface area contributed by atoms with Gasteiger partial charge in [0.1, 0.15) is 0 Å². The molecule has 1 aliphatic rings. The molecule has 0 fully saturated rings. The number of aryl methyl sites for hydroxylation is 1. The topological polar surface area (TPSA) is 32.9 Å². The number of carbonyl (C=O) groups excluding carboxylic acids is 1. The predicted molar refractivity (Wildman–Crippen MR) is 78.4 cm³/mol. The highest BCUT2D eigenvalue weighted by atomic mass is 79.9. The van der Waals surface area contributed by atoms with Crippen LogP contribution in [-0.2, 0) is 6.42 Å². The second-order valence-electron chi connectivity index (χ2n) is 4.62. The number of alkyl halides is 1. The van der Waals surface area contributed by atoms with E-state index in [0.29, 0.717) is 6.42 Å². The molecule has 1 aliphatic carbocycles. The van der Waals surface area contributed by atoms with Crippen LogP contribution in [0, 0.1) is 0 Å². The molecule has 2 aromatic rings. The molecule has 0 saturated heterocycles. The molecule has 1 aromatic heterocycles. The Bertz CT molecular complexity index is 639. The summed E-state index contributed by atoms with van der Waals surface area (Å²) in [4.78, 5) is 15.1. The Morgan fingerprint density at radius 1 is 1.33 bits per heavy atom. The van der Waals surface area contributed by atoms with Gasteiger partial charge < -0.3 is 4.98 Å². The quantitative estimate of drug-likeness (QED) is 0.833. The van der Waals surface area contributed by atoms with E-state index in [-0.39, 0.29) is 5.78 Å². The van der Waals surface area contributed by atoms with Gasteiger partial charge in [-0.25, -0.2) is 0 Å². The molecule has 92 valence electrons. The molecule has 3 rings (SSSR count). The van der Waals surface area contributed by atoms with Crippen LogP contribution in [0.2, 0.25) is 0 Å². The van der Waals surface area contributed by atoms with Gasteiger partial charge in [0.25, 0.3) is 0 Å². The van der Waals surface area contributed by atoms with Crippen LogP contribution in [0.3, 0.4) is 0 Å². The largest absolute Gasteiger partial charge is 0.352 e. The van der Waals surface area contributed by atoms with Crippen LogP contribution in [0.4, 0.5) is 0 Å². The number of H-pyrrole nitrogens is 1. The maximum atomic E-state index is 11.9. The average Bonchev–Trinajstić information content (AvgIpc) is 2.76. The second kappa shape index (κ2) is 4.73. The van der Waals surface area contributed by atoms with Crippen LogP contribution in [0.15, 0.2) is 24.3 Å². The molecule has 0 aliphatic heterocycles. The number of halogens is 1. The summed E-state index contributed by atoms with van der Waals surface area (Å²) in [5, 5.41) is 2.06. The molecule has 2 nitrogen and oxygen atoms in total. The molecular formula is C15H14BrNO. The molecule has 0 radical (unpaired) electrons. The summed E-state index contributed by atoms with van der Waals surface area (Å²) in [5.74, 6) is 0.255. The maximum absolute atomic E-state index is 11.9. The van der Waals surface area contributed by atoms with Crippen molar-refractivity contribution in [1.29, 1.82) is 0 Å². The van der Waals surface area contributed by atoms with Crippen LogP contribution in [0.25, 0.3) is 17.0 Å². The van der Waals surface area contributed by atoms with E-state index >= 15 is 0 Å². The van der Waals surface area contributed by atoms with Gasteiger partial charge in [-0.05, 0) is 36.1 Å². The monoisotopic (exact) mass is 303 g/mol. The minimum atomic E-state index is 0.255. The van der Waals surface area contributed by atoms with Crippen molar-refractivity contribution in [2.45, 2.75) is 19.3 Å². The minimum absolute atomic E-state index is 0.255. The van der Waals surface area contributed by atoms with E-state index in [0.717, 1.165) is 29.4 Å². The maximum Gasteiger partial charge on any atom is 0.179 e. The highest BCUT2D eigenvalue weighted by molar-refractivity contribution is 9.09. The number of rotatable bonds is 2. The molecular weight excluding hydrogens is 290 g/mol. The number of aromatic amines is 1. The predicted octanol–water partition coefficient (Wildman–Crippen LogP) is 4.10. The summed E-state index contributed by atoms with van der Waals surface area (Å²) in [6.07, 6.45) is 6.83. The number of nitrogens with one attached hydrogen (secondary N) is 1. The zero-order valence-corrected chi connectivity index (χ0v) is 11.6. The van der Waals surface area contributed by atoms with Gasteiger partial charge in [0, 0.05) is 22.7 Å². The highest BCUT2D eigenvalue weighted by Crippen LogP contribution is 2.29. The molecule has 0 amide bonds. The Morgan fingerprint density at radius 3 is 3.06 bits per heavy atom. The van der Waals surface area contributed by atoms with Gasteiger partial charge in [-0.2, -0.15) is 0 Å². The standard InChI is InChI=1S/C15H14BrNO/c16-8-2-3-10-6-7-13-12(9-10)11-4-1-5-14(18)15(11)17-13/h2-3,6-7,9,17H,1,4-5,8H2. The van der Waals surface area contributed by atoms with E-state index in [4.69, 9.17) is 0 Å². The van der Waals surface area contributed by atoms with Gasteiger partial charge in [0.05, 0.1) is 5.69 Å². The molecule has 1 N–H and O–H groups in total. The number of hydrogen-bond donors (Lipinski definition) is 1. The van der Waals surface area contributed by atoms with Crippen molar-refractivity contribution in [2.75, 3.05) is 5.33 Å². The lowest BCUT2D eigenvalue weighted by Crippen LogP contribution is -2.09. The van der Waals surface area contributed by atoms with Crippen molar-refractivity contribution in [3.8, 4) is 0 Å². The van der Waals surface area contributed by atoms with Crippen LogP contribution < -0.4 is 0 Å². The van der Waals surface area contributed by atoms with E-state index in [1.54, 1.807) is 0 Å². The van der Waals surface area contributed by atoms with Gasteiger partial charge in [-0.3, -0.25) is 4.79 Å². The first kappa shape index (κ1) is 11.7. The SMILES string of the molecule is O=C1CCCc2c1[nH]c1ccc(C=CCBr)cc21. The Kier molecular flexibility index (Phi) is 3.08. The zero-order valence-electron chi connectivity index (χ0n) is 10.0. The lowest BCUT2D eigenvalue weighted by molar-refractivity contribution is 0.0968. The van der Waals surface area contributed by atoms with E-state index in [1.807, 2.05) is 0 Å². The Morgan fingerprint density at radius 2 is 2.22 bits per heavy atom. The molecule has 0 spiro atoms. The van der Waals surface area contributed by atoms with Gasteiger partial charge >= 0.3 is 0 Å². The summed E-state index contributed by atoms with van der Waals surface area (Å²) in [5.41, 5.74) is 4.29. The lowest BCUT2D eigenvalue weighted by Gasteiger charge is -2.09. The molecule has 1 heterocycles. The van der Waals surface area contributed by atoms with Gasteiger partial charge in [-0.1, -0.05) is 34.1 Å². The van der Waals surface area contributed by atoms with E-state index in [1.165, 1.54) is 16.5 Å². The Balaban J connectivity index is 2.15. The number of fused-ring (bicyclic) bond motifs is 3. The van der Waals surface area contributed by atoms with Crippen LogP contribution in [0.1, 0.15) is 34.5 Å². The molecule has 0 bridgehead atoms. The number of hydrogen-bond acceptors (Lipinski definition) is 1. The smallest absolute Gasteiger partial charge is 0.179 e. The Hall–Kier alpha value is -1.35. The van der Waals surface area contributed by atoms with E-state index < -0.39 is 0 Å². The van der Waals surface area contributed by atoms with Gasteiger partial charge in [0.15, 0.2) is 5.78 Å². The zero-order chi connectivity index (χ0) is 12.5. The number of allylic oxidation sites excluding steroid dienone is 1. The lowest BCUT2D eigenvalue weighted by atomic mass is 9.94. The van der Waals surface area contributed by atoms with Crippen LogP contribution >= 0.6 is 15.9 Å². The first-order chi connectivity index (χ1) is 8.79. The first-order valence-corrected chi connectivity index (χ1v) is 7.32. The average molecular weight is 304 g/mol. The first-order valence-electron chi connectivity index (χ1n) is 6.20. The van der Waals surface area contributed by atoms with Crippen LogP contribution in [-0.4, -0.2) is 16.1 Å². The van der Waals surface area contributed by atoms with Crippen molar-refractivity contribution in [3.05, 3.63) is 41.1 Å². The van der Waals surface area contributed by atoms with Gasteiger partial charge in [-0.15, -0.1) is 0 Å². The summed E-state index contributed by atoms with van der Waals surface area (Å²) < 4.78 is 0. The fourth-order valence-electron chi connectivity index (χ4n) is 2.60. The van der Waals surface area contributed by atoms with Crippen molar-refractivity contribution >= 4 is 38.7 Å². The number of aromatic nitrogens is 1. The van der Waals surface area contributed by atoms with Crippen LogP contribution in [0.5, 0.6) is 0 Å². The minimum Gasteiger partial charge on any atom is -0.352 e. The molecule has 1 aromatic carbocycles. The molecule has 0 unspecified atom stereocenters. The number of ketones is 1. The number of Topliss-reactive ketones (excluding diaryl/α,β-unsaturated/α-hetero) is 1. The molecule has 18 heavy (non-hydrogen) atoms. The third-order valence-electron chi connectivity index (χ3n) is 3.44. The molecule has 3 heteroatoms. The highest BCUT2D eigenvalue weighted by Gasteiger charge is 2.21. The van der Waals surface area contributed by atoms with E-state index in [9.17, 15) is 4.79 Å². The summed E-state index contributed by atoms with van der Waals surface area (Å²) >= 11 is 3.38. The third kappa shape index (κ3) is 1.93. The molecule has 0 atom stereocenters. The third-order valence-corrected chi connectivity index (χ3v) is 3.81. The normalized spacial score (nSPS) is 15.5. The van der Waals surface area contributed by atoms with Crippen molar-refractivity contribution in [2.24, 2.45) is 0 Å². The summed E-state index contributed by atoms with van der Waals surface area (Å²) in [6, 6.07) is 6.31. The fraction of sp³-hybridized carbons (Fsp3) is 0.267. The number of benzene rings is 1. The fourth-order valence-corrected chi connectivity index (χ4v) is 2.78. The van der Waals surface area contributed by atoms with Crippen molar-refractivity contribution in [3.63, 3.8) is 0 Å². The second-order valence-corrected chi connectivity index (χ2v) is 5.26. The Labute approximate surface area is 114 Å². The summed E-state index contributed by atoms with van der Waals surface area (Å²) in [7, 11) is 0. The molecule has 0 saturated carbocycles. The van der Waals surface area contributed by atoms with Gasteiger partial charge in [0.2, 0.25) is 0 Å². The van der Waals surface area contributed by atoms with E-state index in [2.05, 4.69) is 51.3 Å². The van der Waals surface area contributed by atoms with Crippen molar-refractivity contribution < 1.29 is 4.79 Å². The van der Waals surface area contributed by atoms with Crippen molar-refractivity contribution in [1.82, 2.24) is 4.98 Å². The number of carbonyl (C=O) groups is 1. The summed E-state index contributed by atoms with van der Waals surface area (Å²) in [6.45, 7) is 0.